The van der Waals surface area contributed by atoms with Crippen molar-refractivity contribution in [3.63, 3.8) is 0 Å². The molecule has 0 amide bonds. The van der Waals surface area contributed by atoms with E-state index in [0.717, 1.165) is 21.3 Å². The highest BCUT2D eigenvalue weighted by Crippen LogP contribution is 2.30. The van der Waals surface area contributed by atoms with Gasteiger partial charge in [-0.05, 0) is 26.1 Å². The van der Waals surface area contributed by atoms with Gasteiger partial charge in [0.1, 0.15) is 6.26 Å². The number of likely N-dealkylation sites (N-methyl/N-ethyl adjacent to an activating group) is 1. The summed E-state index contributed by atoms with van der Waals surface area (Å²) in [6.07, 6.45) is 2.57. The van der Waals surface area contributed by atoms with Gasteiger partial charge in [0.2, 0.25) is 5.89 Å². The fourth-order valence-corrected chi connectivity index (χ4v) is 2.33. The molecule has 1 unspecified atom stereocenters. The van der Waals surface area contributed by atoms with Gasteiger partial charge in [-0.3, -0.25) is 0 Å². The molecule has 2 aromatic rings. The van der Waals surface area contributed by atoms with Crippen LogP contribution in [-0.2, 0) is 6.42 Å². The number of hydrogen-bond acceptors (Lipinski definition) is 4. The van der Waals surface area contributed by atoms with Crippen molar-refractivity contribution in [3.8, 4) is 10.8 Å². The first kappa shape index (κ1) is 11.6. The molecule has 0 aliphatic heterocycles. The number of halogens is 1. The molecule has 5 heteroatoms. The molecule has 2 rings (SSSR count). The Morgan fingerprint density at radius 2 is 2.38 bits per heavy atom. The van der Waals surface area contributed by atoms with E-state index in [1.165, 1.54) is 11.3 Å². The zero-order valence-electron chi connectivity index (χ0n) is 9.16. The van der Waals surface area contributed by atoms with Gasteiger partial charge in [0.25, 0.3) is 0 Å². The monoisotopic (exact) mass is 256 g/mol. The second-order valence-corrected chi connectivity index (χ2v) is 5.36. The van der Waals surface area contributed by atoms with Crippen molar-refractivity contribution in [2.24, 2.45) is 0 Å². The molecule has 2 heterocycles. The fraction of sp³-hybridized carbons (Fsp3) is 0.364. The van der Waals surface area contributed by atoms with Crippen molar-refractivity contribution in [1.82, 2.24) is 10.3 Å². The third kappa shape index (κ3) is 2.64. The average Bonchev–Trinajstić information content (AvgIpc) is 2.87. The third-order valence-corrected chi connectivity index (χ3v) is 3.56. The molecule has 2 aromatic heterocycles. The number of oxazole rings is 1. The van der Waals surface area contributed by atoms with E-state index >= 15 is 0 Å². The molecular formula is C11H13ClN2OS. The van der Waals surface area contributed by atoms with Crippen LogP contribution in [0.25, 0.3) is 10.8 Å². The summed E-state index contributed by atoms with van der Waals surface area (Å²) in [5.74, 6) is 0.648. The van der Waals surface area contributed by atoms with Crippen LogP contribution >= 0.6 is 22.9 Å². The summed E-state index contributed by atoms with van der Waals surface area (Å²) >= 11 is 7.34. The maximum atomic E-state index is 5.86. The molecular weight excluding hydrogens is 244 g/mol. The van der Waals surface area contributed by atoms with Crippen molar-refractivity contribution in [2.75, 3.05) is 7.05 Å². The van der Waals surface area contributed by atoms with Crippen LogP contribution in [0.4, 0.5) is 0 Å². The van der Waals surface area contributed by atoms with Gasteiger partial charge in [0, 0.05) is 12.5 Å². The molecule has 3 nitrogen and oxygen atoms in total. The van der Waals surface area contributed by atoms with Gasteiger partial charge in [-0.25, -0.2) is 4.98 Å². The SMILES string of the molecule is CNC(C)Cc1coc(-c2ccc(Cl)s2)n1. The van der Waals surface area contributed by atoms with Gasteiger partial charge >= 0.3 is 0 Å². The molecule has 0 aromatic carbocycles. The predicted octanol–water partition coefficient (Wildman–Crippen LogP) is 3.21. The van der Waals surface area contributed by atoms with Gasteiger partial charge in [-0.2, -0.15) is 0 Å². The highest BCUT2D eigenvalue weighted by molar-refractivity contribution is 7.19. The molecule has 0 saturated heterocycles. The molecule has 0 aliphatic rings. The lowest BCUT2D eigenvalue weighted by Crippen LogP contribution is -2.23. The first-order valence-electron chi connectivity index (χ1n) is 5.06. The minimum Gasteiger partial charge on any atom is -0.444 e. The summed E-state index contributed by atoms with van der Waals surface area (Å²) in [6.45, 7) is 2.11. The van der Waals surface area contributed by atoms with E-state index in [1.54, 1.807) is 6.26 Å². The van der Waals surface area contributed by atoms with Crippen LogP contribution < -0.4 is 5.32 Å². The van der Waals surface area contributed by atoms with Crippen LogP contribution in [0.2, 0.25) is 4.34 Å². The van der Waals surface area contributed by atoms with Crippen LogP contribution in [0, 0.1) is 0 Å². The van der Waals surface area contributed by atoms with Crippen molar-refractivity contribution in [1.29, 1.82) is 0 Å². The van der Waals surface area contributed by atoms with E-state index < -0.39 is 0 Å². The Hall–Kier alpha value is -0.840. The number of aromatic nitrogens is 1. The maximum absolute atomic E-state index is 5.86. The molecule has 0 saturated carbocycles. The van der Waals surface area contributed by atoms with Gasteiger partial charge in [-0.1, -0.05) is 11.6 Å². The van der Waals surface area contributed by atoms with E-state index in [0.29, 0.717) is 11.9 Å². The molecule has 0 bridgehead atoms. The lowest BCUT2D eigenvalue weighted by molar-refractivity contribution is 0.566. The zero-order valence-corrected chi connectivity index (χ0v) is 10.7. The van der Waals surface area contributed by atoms with Crippen molar-refractivity contribution < 1.29 is 4.42 Å². The number of thiophene rings is 1. The number of hydrogen-bond donors (Lipinski definition) is 1. The Labute approximate surface area is 103 Å². The van der Waals surface area contributed by atoms with Crippen LogP contribution in [-0.4, -0.2) is 18.1 Å². The van der Waals surface area contributed by atoms with Crippen molar-refractivity contribution in [2.45, 2.75) is 19.4 Å². The second kappa shape index (κ2) is 4.99. The zero-order chi connectivity index (χ0) is 11.5. The molecule has 1 atom stereocenters. The van der Waals surface area contributed by atoms with Crippen LogP contribution in [0.15, 0.2) is 22.8 Å². The molecule has 0 fully saturated rings. The van der Waals surface area contributed by atoms with E-state index in [1.807, 2.05) is 19.2 Å². The molecule has 86 valence electrons. The molecule has 0 spiro atoms. The van der Waals surface area contributed by atoms with Gasteiger partial charge in [0.15, 0.2) is 0 Å². The molecule has 1 N–H and O–H groups in total. The number of nitrogens with zero attached hydrogens (tertiary/aromatic N) is 1. The van der Waals surface area contributed by atoms with Crippen LogP contribution in [0.3, 0.4) is 0 Å². The average molecular weight is 257 g/mol. The van der Waals surface area contributed by atoms with Gasteiger partial charge in [0.05, 0.1) is 14.9 Å². The quantitative estimate of drug-likeness (QED) is 0.913. The summed E-state index contributed by atoms with van der Waals surface area (Å²) in [5, 5.41) is 3.17. The Balaban J connectivity index is 2.13. The van der Waals surface area contributed by atoms with Crippen LogP contribution in [0.1, 0.15) is 12.6 Å². The Kier molecular flexibility index (Phi) is 3.63. The number of rotatable bonds is 4. The van der Waals surface area contributed by atoms with Crippen LogP contribution in [0.5, 0.6) is 0 Å². The fourth-order valence-electron chi connectivity index (χ4n) is 1.36. The van der Waals surface area contributed by atoms with E-state index in [9.17, 15) is 0 Å². The van der Waals surface area contributed by atoms with Crippen molar-refractivity contribution in [3.05, 3.63) is 28.4 Å². The Morgan fingerprint density at radius 3 is 3.00 bits per heavy atom. The topological polar surface area (TPSA) is 38.1 Å². The van der Waals surface area contributed by atoms with Gasteiger partial charge < -0.3 is 9.73 Å². The Bertz CT molecular complexity index is 466. The minimum atomic E-state index is 0.393. The van der Waals surface area contributed by atoms with Gasteiger partial charge in [-0.15, -0.1) is 11.3 Å². The summed E-state index contributed by atoms with van der Waals surface area (Å²) < 4.78 is 6.17. The lowest BCUT2D eigenvalue weighted by Gasteiger charge is -2.05. The molecule has 0 radical (unpaired) electrons. The smallest absolute Gasteiger partial charge is 0.236 e. The number of nitrogens with one attached hydrogen (secondary N) is 1. The first-order valence-corrected chi connectivity index (χ1v) is 6.26. The first-order chi connectivity index (χ1) is 7.69. The highest BCUT2D eigenvalue weighted by Gasteiger charge is 2.10. The van der Waals surface area contributed by atoms with E-state index in [2.05, 4.69) is 17.2 Å². The molecule has 0 aliphatic carbocycles. The summed E-state index contributed by atoms with van der Waals surface area (Å²) in [6, 6.07) is 4.16. The summed E-state index contributed by atoms with van der Waals surface area (Å²) in [5.41, 5.74) is 0.960. The highest BCUT2D eigenvalue weighted by atomic mass is 35.5. The lowest BCUT2D eigenvalue weighted by atomic mass is 10.2. The maximum Gasteiger partial charge on any atom is 0.236 e. The van der Waals surface area contributed by atoms with E-state index in [4.69, 9.17) is 16.0 Å². The second-order valence-electron chi connectivity index (χ2n) is 3.64. The largest absolute Gasteiger partial charge is 0.444 e. The summed E-state index contributed by atoms with van der Waals surface area (Å²) in [7, 11) is 1.94. The third-order valence-electron chi connectivity index (χ3n) is 2.34. The minimum absolute atomic E-state index is 0.393. The standard InChI is InChI=1S/C11H13ClN2OS/c1-7(13-2)5-8-6-15-11(14-8)9-3-4-10(12)16-9/h3-4,6-7,13H,5H2,1-2H3. The normalized spacial score (nSPS) is 12.9. The summed E-state index contributed by atoms with van der Waals surface area (Å²) in [4.78, 5) is 5.39. The molecule has 16 heavy (non-hydrogen) atoms. The van der Waals surface area contributed by atoms with Crippen molar-refractivity contribution >= 4 is 22.9 Å². The van der Waals surface area contributed by atoms with E-state index in [-0.39, 0.29) is 0 Å². The Morgan fingerprint density at radius 1 is 1.56 bits per heavy atom. The predicted molar refractivity (Wildman–Crippen MR) is 67.1 cm³/mol.